The number of aromatic nitrogens is 4. The van der Waals surface area contributed by atoms with Crippen molar-refractivity contribution in [2.45, 2.75) is 60.4 Å². The third kappa shape index (κ3) is 11.2. The number of anilines is 1. The fraction of sp³-hybridized carbons (Fsp3) is 0.192. The topological polar surface area (TPSA) is 190 Å². The summed E-state index contributed by atoms with van der Waals surface area (Å²) >= 11 is 4.92. The highest BCUT2D eigenvalue weighted by Crippen LogP contribution is 2.48. The maximum atomic E-state index is 15.3. The van der Waals surface area contributed by atoms with E-state index < -0.39 is 46.0 Å². The summed E-state index contributed by atoms with van der Waals surface area (Å²) in [5, 5.41) is 18.5. The first-order valence-corrected chi connectivity index (χ1v) is 26.1. The summed E-state index contributed by atoms with van der Waals surface area (Å²) in [6.07, 6.45) is 0.0142. The first kappa shape index (κ1) is 48.8. The van der Waals surface area contributed by atoms with E-state index in [9.17, 15) is 14.4 Å². The second-order valence-electron chi connectivity index (χ2n) is 16.9. The molecule has 1 saturated heterocycles. The predicted molar refractivity (Wildman–Crippen MR) is 276 cm³/mol. The Balaban J connectivity index is 1.14. The molecule has 5 aromatic carbocycles. The van der Waals surface area contributed by atoms with E-state index in [1.807, 2.05) is 152 Å². The molecule has 4 heterocycles. The van der Waals surface area contributed by atoms with Crippen LogP contribution in [0.5, 0.6) is 0 Å². The summed E-state index contributed by atoms with van der Waals surface area (Å²) in [6, 6.07) is 47.4. The fourth-order valence-electron chi connectivity index (χ4n) is 7.84. The second kappa shape index (κ2) is 21.8. The molecule has 3 N–H and O–H groups in total. The molecule has 71 heavy (non-hydrogen) atoms. The molecule has 1 fully saturated rings. The Hall–Kier alpha value is -7.19. The number of oxime groups is 1. The van der Waals surface area contributed by atoms with Gasteiger partial charge >= 0.3 is 12.1 Å². The van der Waals surface area contributed by atoms with Gasteiger partial charge in [-0.2, -0.15) is 0 Å². The number of amides is 3. The number of carbonyl (C=O) groups is 4. The van der Waals surface area contributed by atoms with Gasteiger partial charge in [0.25, 0.3) is 5.91 Å². The van der Waals surface area contributed by atoms with Gasteiger partial charge < -0.3 is 19.6 Å². The van der Waals surface area contributed by atoms with Crippen LogP contribution in [0.25, 0.3) is 0 Å². The number of hydrogen-bond donors (Lipinski definition) is 3. The Bertz CT molecular complexity index is 2890. The van der Waals surface area contributed by atoms with Crippen LogP contribution >= 0.6 is 46.6 Å². The number of benzene rings is 5. The lowest BCUT2D eigenvalue weighted by Gasteiger charge is -2.47. The van der Waals surface area contributed by atoms with Crippen LogP contribution in [0, 0.1) is 0 Å². The quantitative estimate of drug-likeness (QED) is 0.0149. The van der Waals surface area contributed by atoms with Gasteiger partial charge in [0.15, 0.2) is 16.9 Å². The third-order valence-corrected chi connectivity index (χ3v) is 15.3. The summed E-state index contributed by atoms with van der Waals surface area (Å²) in [6.45, 7) is 5.24. The number of hydrogen-bond acceptors (Lipinski definition) is 15. The van der Waals surface area contributed by atoms with E-state index in [-0.39, 0.29) is 39.6 Å². The molecule has 3 amide bonds. The van der Waals surface area contributed by atoms with Crippen LogP contribution in [0.3, 0.4) is 0 Å². The molecule has 2 atom stereocenters. The Morgan fingerprint density at radius 2 is 1.38 bits per heavy atom. The number of ether oxygens (including phenoxy) is 2. The number of thioether (sulfide) groups is 3. The first-order chi connectivity index (χ1) is 34.5. The van der Waals surface area contributed by atoms with Crippen LogP contribution in [0.15, 0.2) is 184 Å². The molecule has 19 heteroatoms. The zero-order chi connectivity index (χ0) is 49.4. The Kier molecular flexibility index (Phi) is 15.0. The van der Waals surface area contributed by atoms with Gasteiger partial charge in [0, 0.05) is 27.0 Å². The van der Waals surface area contributed by atoms with Gasteiger partial charge in [-0.25, -0.2) is 19.6 Å². The van der Waals surface area contributed by atoms with E-state index in [1.54, 1.807) is 26.2 Å². The zero-order valence-corrected chi connectivity index (χ0v) is 41.7. The van der Waals surface area contributed by atoms with E-state index >= 15 is 4.79 Å². The molecule has 0 bridgehead atoms. The van der Waals surface area contributed by atoms with Crippen molar-refractivity contribution in [2.24, 2.45) is 5.16 Å². The second-order valence-corrected chi connectivity index (χ2v) is 21.4. The van der Waals surface area contributed by atoms with Crippen LogP contribution < -0.4 is 10.6 Å². The summed E-state index contributed by atoms with van der Waals surface area (Å²) in [5.74, 6) is -1.74. The molecule has 360 valence electrons. The van der Waals surface area contributed by atoms with Gasteiger partial charge in [0.1, 0.15) is 28.7 Å². The van der Waals surface area contributed by atoms with E-state index in [2.05, 4.69) is 30.8 Å². The molecule has 2 unspecified atom stereocenters. The highest BCUT2D eigenvalue weighted by atomic mass is 32.2. The lowest BCUT2D eigenvalue weighted by Crippen LogP contribution is -2.57. The molecule has 7 aromatic rings. The highest BCUT2D eigenvalue weighted by Gasteiger charge is 2.50. The van der Waals surface area contributed by atoms with Crippen LogP contribution in [-0.2, 0) is 34.3 Å². The van der Waals surface area contributed by atoms with Crippen molar-refractivity contribution >= 4 is 81.3 Å². The van der Waals surface area contributed by atoms with Crippen molar-refractivity contribution in [3.05, 3.63) is 207 Å². The van der Waals surface area contributed by atoms with Crippen LogP contribution in [-0.4, -0.2) is 76.1 Å². The molecule has 15 nitrogen and oxygen atoms in total. The van der Waals surface area contributed by atoms with Crippen molar-refractivity contribution in [3.8, 4) is 0 Å². The average Bonchev–Trinajstić information content (AvgIpc) is 4.08. The smallest absolute Gasteiger partial charge is 0.413 e. The standard InChI is InChI=1S/C52H46N8O7S4/c1-51(2,3)66-50(64)57-49-55-38(30-68-49)41(59-67-52(35-23-13-6-14-24-35,36-25-15-7-16-26-36)37-27-17-8-18-28-37)45(62)56-46-44(69-32-70-48-53-31-54-58-48)42(60-39(61)29-40(60)71-46)47(63)65-43(33-19-9-4-10-20-33)34-21-11-5-12-22-34/h4-28,30-31,40,43,46H,29,32H2,1-3H3,(H,56,62)(H,53,54,58)(H,55,57,64)/b59-41-. The number of H-pyrrole nitrogens is 1. The van der Waals surface area contributed by atoms with Crippen molar-refractivity contribution < 1.29 is 33.5 Å². The molecule has 0 aliphatic carbocycles. The SMILES string of the molecule is CC(C)(C)OC(=O)Nc1nc(/C(=N/OC(c2ccccc2)(c2ccccc2)c2ccccc2)C(=O)NC2SC3CC(=O)N3C(C(=O)OC(c3ccccc3)c3ccccc3)=C2SCSc2nc[nH]n2)cs1. The maximum Gasteiger partial charge on any atom is 0.413 e. The minimum absolute atomic E-state index is 0.0104. The number of fused-ring (bicyclic) bond motifs is 1. The molecule has 0 saturated carbocycles. The Morgan fingerprint density at radius 3 is 1.90 bits per heavy atom. The number of carbonyl (C=O) groups excluding carboxylic acids is 4. The monoisotopic (exact) mass is 1020 g/mol. The van der Waals surface area contributed by atoms with Crippen molar-refractivity contribution in [2.75, 3.05) is 10.4 Å². The Labute approximate surface area is 426 Å². The highest BCUT2D eigenvalue weighted by molar-refractivity contribution is 8.18. The molecule has 2 aliphatic heterocycles. The lowest BCUT2D eigenvalue weighted by molar-refractivity contribution is -0.151. The van der Waals surface area contributed by atoms with Crippen LogP contribution in [0.2, 0.25) is 0 Å². The minimum atomic E-state index is -1.39. The summed E-state index contributed by atoms with van der Waals surface area (Å²) < 4.78 is 11.9. The lowest BCUT2D eigenvalue weighted by atomic mass is 9.80. The number of rotatable bonds is 17. The fourth-order valence-corrected chi connectivity index (χ4v) is 12.1. The zero-order valence-electron chi connectivity index (χ0n) is 38.5. The van der Waals surface area contributed by atoms with E-state index in [0.717, 1.165) is 39.2 Å². The molecule has 0 radical (unpaired) electrons. The molecule has 2 aliphatic rings. The van der Waals surface area contributed by atoms with Crippen LogP contribution in [0.4, 0.5) is 9.93 Å². The Morgan fingerprint density at radius 1 is 0.817 bits per heavy atom. The van der Waals surface area contributed by atoms with Crippen LogP contribution in [0.1, 0.15) is 66.8 Å². The van der Waals surface area contributed by atoms with Crippen molar-refractivity contribution in [3.63, 3.8) is 0 Å². The van der Waals surface area contributed by atoms with Gasteiger partial charge in [-0.3, -0.25) is 24.9 Å². The van der Waals surface area contributed by atoms with E-state index in [1.165, 1.54) is 46.5 Å². The minimum Gasteiger partial charge on any atom is -0.448 e. The van der Waals surface area contributed by atoms with Crippen molar-refractivity contribution in [1.82, 2.24) is 30.4 Å². The molecule has 2 aromatic heterocycles. The average molecular weight is 1020 g/mol. The summed E-state index contributed by atoms with van der Waals surface area (Å²) in [4.78, 5) is 74.3. The number of nitrogens with one attached hydrogen (secondary N) is 3. The van der Waals surface area contributed by atoms with Gasteiger partial charge in [0.05, 0.1) is 16.9 Å². The number of β-lactam (4-membered cyclic amide) rings is 1. The summed E-state index contributed by atoms with van der Waals surface area (Å²) in [5.41, 5.74) is 1.30. The molecular weight excluding hydrogens is 977 g/mol. The summed E-state index contributed by atoms with van der Waals surface area (Å²) in [7, 11) is 0. The molecule has 9 rings (SSSR count). The van der Waals surface area contributed by atoms with E-state index in [0.29, 0.717) is 10.1 Å². The van der Waals surface area contributed by atoms with Crippen molar-refractivity contribution in [1.29, 1.82) is 0 Å². The number of esters is 1. The predicted octanol–water partition coefficient (Wildman–Crippen LogP) is 10.1. The number of thiazole rings is 1. The van der Waals surface area contributed by atoms with Gasteiger partial charge in [-0.15, -0.1) is 40.0 Å². The number of aromatic amines is 1. The van der Waals surface area contributed by atoms with Gasteiger partial charge in [0.2, 0.25) is 16.7 Å². The normalized spacial score (nSPS) is 15.9. The van der Waals surface area contributed by atoms with Gasteiger partial charge in [-0.1, -0.05) is 169 Å². The van der Waals surface area contributed by atoms with Gasteiger partial charge in [-0.05, 0) is 31.9 Å². The first-order valence-electron chi connectivity index (χ1n) is 22.3. The number of nitrogens with zero attached hydrogens (tertiary/aromatic N) is 5. The largest absolute Gasteiger partial charge is 0.448 e. The molecule has 0 spiro atoms. The maximum absolute atomic E-state index is 15.3. The van der Waals surface area contributed by atoms with E-state index in [4.69, 9.17) is 19.5 Å². The molecular formula is C52H46N8O7S4. The third-order valence-electron chi connectivity index (χ3n) is 11.0.